The van der Waals surface area contributed by atoms with E-state index < -0.39 is 0 Å². The number of nitrogens with two attached hydrogens (primary N) is 1. The van der Waals surface area contributed by atoms with Gasteiger partial charge in [-0.2, -0.15) is 0 Å². The Hall–Kier alpha value is -1.78. The molecule has 16 heavy (non-hydrogen) atoms. The van der Waals surface area contributed by atoms with Gasteiger partial charge in [-0.15, -0.1) is 0 Å². The fraction of sp³-hybridized carbons (Fsp3) is 0.455. The Balaban J connectivity index is 2.31. The standard InChI is InChI=1S/C11H16N4O/c1-15(8-4-2-5-8)11-9(10(12)14-16)6-3-7-13-11/h3,6-8,16H,2,4-5H2,1H3,(H2,12,14). The molecule has 1 fully saturated rings. The highest BCUT2D eigenvalue weighted by atomic mass is 16.4. The molecule has 1 aliphatic carbocycles. The van der Waals surface area contributed by atoms with E-state index in [1.807, 2.05) is 13.1 Å². The zero-order valence-corrected chi connectivity index (χ0v) is 9.30. The van der Waals surface area contributed by atoms with E-state index in [2.05, 4.69) is 15.0 Å². The van der Waals surface area contributed by atoms with Gasteiger partial charge in [-0.25, -0.2) is 4.98 Å². The minimum absolute atomic E-state index is 0.106. The van der Waals surface area contributed by atoms with E-state index in [9.17, 15) is 0 Å². The molecule has 0 unspecified atom stereocenters. The number of anilines is 1. The summed E-state index contributed by atoms with van der Waals surface area (Å²) in [6, 6.07) is 4.12. The highest BCUT2D eigenvalue weighted by Crippen LogP contribution is 2.28. The normalized spacial score (nSPS) is 16.9. The third-order valence-corrected chi connectivity index (χ3v) is 3.13. The van der Waals surface area contributed by atoms with Gasteiger partial charge in [0.2, 0.25) is 0 Å². The number of pyridine rings is 1. The summed E-state index contributed by atoms with van der Waals surface area (Å²) in [6.07, 6.45) is 5.35. The number of hydrogen-bond donors (Lipinski definition) is 2. The molecule has 0 bridgehead atoms. The lowest BCUT2D eigenvalue weighted by atomic mass is 9.91. The summed E-state index contributed by atoms with van der Waals surface area (Å²) in [4.78, 5) is 6.41. The van der Waals surface area contributed by atoms with Gasteiger partial charge in [0.15, 0.2) is 5.84 Å². The summed E-state index contributed by atoms with van der Waals surface area (Å²) in [6.45, 7) is 0. The van der Waals surface area contributed by atoms with Crippen molar-refractivity contribution in [3.05, 3.63) is 23.9 Å². The van der Waals surface area contributed by atoms with Crippen LogP contribution in [0.25, 0.3) is 0 Å². The van der Waals surface area contributed by atoms with E-state index >= 15 is 0 Å². The van der Waals surface area contributed by atoms with Gasteiger partial charge in [0.25, 0.3) is 0 Å². The second-order valence-electron chi connectivity index (χ2n) is 4.06. The molecule has 1 aromatic heterocycles. The lowest BCUT2D eigenvalue weighted by molar-refractivity contribution is 0.318. The van der Waals surface area contributed by atoms with Crippen molar-refractivity contribution < 1.29 is 5.21 Å². The molecule has 1 aromatic rings. The first-order valence-corrected chi connectivity index (χ1v) is 5.39. The molecule has 0 spiro atoms. The molecular formula is C11H16N4O. The summed E-state index contributed by atoms with van der Waals surface area (Å²) in [7, 11) is 2.00. The van der Waals surface area contributed by atoms with Crippen LogP contribution < -0.4 is 10.6 Å². The fourth-order valence-corrected chi connectivity index (χ4v) is 1.88. The minimum Gasteiger partial charge on any atom is -0.409 e. The Morgan fingerprint density at radius 1 is 1.62 bits per heavy atom. The third-order valence-electron chi connectivity index (χ3n) is 3.13. The summed E-state index contributed by atoms with van der Waals surface area (Å²) >= 11 is 0. The fourth-order valence-electron chi connectivity index (χ4n) is 1.88. The molecule has 5 heteroatoms. The summed E-state index contributed by atoms with van der Waals surface area (Å²) in [5.41, 5.74) is 6.31. The van der Waals surface area contributed by atoms with Crippen LogP contribution in [0, 0.1) is 0 Å². The minimum atomic E-state index is 0.106. The Bertz CT molecular complexity index is 401. The topological polar surface area (TPSA) is 74.7 Å². The van der Waals surface area contributed by atoms with Gasteiger partial charge in [0.05, 0.1) is 5.56 Å². The lowest BCUT2D eigenvalue weighted by Crippen LogP contribution is -2.38. The monoisotopic (exact) mass is 220 g/mol. The zero-order valence-electron chi connectivity index (χ0n) is 9.30. The molecule has 0 radical (unpaired) electrons. The zero-order chi connectivity index (χ0) is 11.5. The number of nitrogens with zero attached hydrogens (tertiary/aromatic N) is 3. The molecule has 0 amide bonds. The van der Waals surface area contributed by atoms with E-state index in [0.29, 0.717) is 11.6 Å². The molecule has 0 atom stereocenters. The Labute approximate surface area is 94.6 Å². The van der Waals surface area contributed by atoms with E-state index in [-0.39, 0.29) is 5.84 Å². The van der Waals surface area contributed by atoms with Gasteiger partial charge >= 0.3 is 0 Å². The maximum Gasteiger partial charge on any atom is 0.173 e. The predicted octanol–water partition coefficient (Wildman–Crippen LogP) is 1.16. The third kappa shape index (κ3) is 1.80. The number of aromatic nitrogens is 1. The largest absolute Gasteiger partial charge is 0.409 e. The average molecular weight is 220 g/mol. The molecule has 1 heterocycles. The molecule has 2 rings (SSSR count). The van der Waals surface area contributed by atoms with Gasteiger partial charge in [-0.05, 0) is 31.4 Å². The van der Waals surface area contributed by atoms with Crippen LogP contribution in [0.5, 0.6) is 0 Å². The van der Waals surface area contributed by atoms with Gasteiger partial charge in [-0.1, -0.05) is 5.16 Å². The number of oxime groups is 1. The molecule has 1 aliphatic rings. The van der Waals surface area contributed by atoms with Gasteiger partial charge in [-0.3, -0.25) is 0 Å². The van der Waals surface area contributed by atoms with Crippen LogP contribution in [0.15, 0.2) is 23.5 Å². The van der Waals surface area contributed by atoms with Crippen LogP contribution in [0.2, 0.25) is 0 Å². The SMILES string of the molecule is CN(c1ncccc1/C(N)=N/O)C1CCC1. The van der Waals surface area contributed by atoms with Gasteiger partial charge < -0.3 is 15.8 Å². The molecule has 5 nitrogen and oxygen atoms in total. The van der Waals surface area contributed by atoms with Crippen molar-refractivity contribution in [3.63, 3.8) is 0 Å². The Morgan fingerprint density at radius 3 is 2.94 bits per heavy atom. The lowest BCUT2D eigenvalue weighted by Gasteiger charge is -2.36. The smallest absolute Gasteiger partial charge is 0.173 e. The molecule has 0 aromatic carbocycles. The van der Waals surface area contributed by atoms with E-state index in [4.69, 9.17) is 10.9 Å². The van der Waals surface area contributed by atoms with Gasteiger partial charge in [0, 0.05) is 19.3 Å². The van der Waals surface area contributed by atoms with Gasteiger partial charge in [0.1, 0.15) is 5.82 Å². The van der Waals surface area contributed by atoms with Crippen molar-refractivity contribution in [2.45, 2.75) is 25.3 Å². The quantitative estimate of drug-likeness (QED) is 0.347. The van der Waals surface area contributed by atoms with Crippen LogP contribution in [0.3, 0.4) is 0 Å². The highest BCUT2D eigenvalue weighted by molar-refractivity contribution is 6.01. The second kappa shape index (κ2) is 4.38. The maximum atomic E-state index is 8.72. The number of hydrogen-bond acceptors (Lipinski definition) is 4. The van der Waals surface area contributed by atoms with Crippen LogP contribution in [-0.2, 0) is 0 Å². The maximum absolute atomic E-state index is 8.72. The molecule has 0 saturated heterocycles. The van der Waals surface area contributed by atoms with Crippen molar-refractivity contribution >= 4 is 11.7 Å². The number of rotatable bonds is 3. The molecule has 3 N–H and O–H groups in total. The first-order valence-electron chi connectivity index (χ1n) is 5.39. The predicted molar refractivity (Wildman–Crippen MR) is 62.8 cm³/mol. The highest BCUT2D eigenvalue weighted by Gasteiger charge is 2.25. The van der Waals surface area contributed by atoms with E-state index in [1.54, 1.807) is 12.3 Å². The van der Waals surface area contributed by atoms with Crippen LogP contribution in [0.4, 0.5) is 5.82 Å². The van der Waals surface area contributed by atoms with Crippen LogP contribution >= 0.6 is 0 Å². The van der Waals surface area contributed by atoms with Crippen LogP contribution in [-0.4, -0.2) is 29.1 Å². The van der Waals surface area contributed by atoms with Crippen molar-refractivity contribution in [2.24, 2.45) is 10.9 Å². The summed E-state index contributed by atoms with van der Waals surface area (Å²) in [5.74, 6) is 0.886. The molecule has 1 saturated carbocycles. The Kier molecular flexibility index (Phi) is 2.94. The first-order chi connectivity index (χ1) is 7.74. The average Bonchev–Trinajstić information content (AvgIpc) is 2.25. The van der Waals surface area contributed by atoms with E-state index in [1.165, 1.54) is 19.3 Å². The van der Waals surface area contributed by atoms with Crippen molar-refractivity contribution in [2.75, 3.05) is 11.9 Å². The summed E-state index contributed by atoms with van der Waals surface area (Å²) in [5, 5.41) is 11.8. The first kappa shape index (κ1) is 10.7. The molecule has 0 aliphatic heterocycles. The second-order valence-corrected chi connectivity index (χ2v) is 4.06. The molecule has 86 valence electrons. The number of amidine groups is 1. The van der Waals surface area contributed by atoms with Crippen molar-refractivity contribution in [3.8, 4) is 0 Å². The summed E-state index contributed by atoms with van der Waals surface area (Å²) < 4.78 is 0. The Morgan fingerprint density at radius 2 is 2.38 bits per heavy atom. The van der Waals surface area contributed by atoms with E-state index in [0.717, 1.165) is 5.82 Å². The molecular weight excluding hydrogens is 204 g/mol. The van der Waals surface area contributed by atoms with Crippen LogP contribution in [0.1, 0.15) is 24.8 Å². The van der Waals surface area contributed by atoms with Crippen molar-refractivity contribution in [1.29, 1.82) is 0 Å². The van der Waals surface area contributed by atoms with Crippen molar-refractivity contribution in [1.82, 2.24) is 4.98 Å².